The SMILES string of the molecule is CC(F)(F)c1ccccc1Cn1cnc2cccc(NC(=O)c3cc(Cl)c(O)c(Cl)c3)c2c1=O. The second-order valence-electron chi connectivity index (χ2n) is 7.67. The first-order valence-corrected chi connectivity index (χ1v) is 10.8. The molecule has 0 bridgehead atoms. The van der Waals surface area contributed by atoms with Gasteiger partial charge in [0.05, 0.1) is 39.5 Å². The third-order valence-corrected chi connectivity index (χ3v) is 5.79. The smallest absolute Gasteiger partial charge is 0.270 e. The lowest BCUT2D eigenvalue weighted by Crippen LogP contribution is -2.24. The Morgan fingerprint density at radius 3 is 2.47 bits per heavy atom. The molecule has 0 spiro atoms. The first kappa shape index (κ1) is 23.7. The highest BCUT2D eigenvalue weighted by molar-refractivity contribution is 6.37. The van der Waals surface area contributed by atoms with Gasteiger partial charge in [0.2, 0.25) is 0 Å². The van der Waals surface area contributed by atoms with Crippen LogP contribution in [0.15, 0.2) is 65.7 Å². The summed E-state index contributed by atoms with van der Waals surface area (Å²) in [5.41, 5.74) is 0.113. The highest BCUT2D eigenvalue weighted by Gasteiger charge is 2.27. The number of halogens is 4. The molecule has 1 amide bonds. The molecule has 0 aliphatic rings. The molecule has 10 heteroatoms. The Kier molecular flexibility index (Phi) is 6.29. The molecule has 174 valence electrons. The predicted molar refractivity (Wildman–Crippen MR) is 127 cm³/mol. The summed E-state index contributed by atoms with van der Waals surface area (Å²) < 4.78 is 29.3. The zero-order valence-corrected chi connectivity index (χ0v) is 19.2. The van der Waals surface area contributed by atoms with E-state index in [0.717, 1.165) is 6.92 Å². The van der Waals surface area contributed by atoms with E-state index in [1.165, 1.54) is 47.3 Å². The molecule has 3 aromatic carbocycles. The number of phenols is 1. The van der Waals surface area contributed by atoms with Gasteiger partial charge in [-0.15, -0.1) is 0 Å². The van der Waals surface area contributed by atoms with Crippen LogP contribution in [0.5, 0.6) is 5.75 Å². The lowest BCUT2D eigenvalue weighted by molar-refractivity contribution is 0.0164. The van der Waals surface area contributed by atoms with Gasteiger partial charge in [0.15, 0.2) is 5.75 Å². The first-order chi connectivity index (χ1) is 16.1. The minimum atomic E-state index is -3.09. The maximum absolute atomic E-state index is 14.0. The fourth-order valence-corrected chi connectivity index (χ4v) is 4.07. The highest BCUT2D eigenvalue weighted by Crippen LogP contribution is 2.33. The Balaban J connectivity index is 1.75. The molecule has 0 radical (unpaired) electrons. The van der Waals surface area contributed by atoms with Crippen LogP contribution in [0, 0.1) is 0 Å². The Morgan fingerprint density at radius 2 is 1.79 bits per heavy atom. The number of amides is 1. The van der Waals surface area contributed by atoms with Crippen molar-refractivity contribution in [3.63, 3.8) is 0 Å². The summed E-state index contributed by atoms with van der Waals surface area (Å²) in [6.07, 6.45) is 1.28. The van der Waals surface area contributed by atoms with Crippen molar-refractivity contribution in [1.29, 1.82) is 0 Å². The van der Waals surface area contributed by atoms with Gasteiger partial charge in [-0.1, -0.05) is 53.5 Å². The standard InChI is InChI=1S/C24H17Cl2F2N3O3/c1-24(27,28)15-6-3-2-5-13(15)11-31-12-29-18-7-4-8-19(20(18)23(31)34)30-22(33)14-9-16(25)21(32)17(26)10-14/h2-10,12,32H,11H2,1H3,(H,30,33). The molecule has 0 saturated heterocycles. The molecule has 1 heterocycles. The Morgan fingerprint density at radius 1 is 1.12 bits per heavy atom. The quantitative estimate of drug-likeness (QED) is 0.359. The van der Waals surface area contributed by atoms with Crippen LogP contribution in [0.4, 0.5) is 14.5 Å². The third kappa shape index (κ3) is 4.60. The molecule has 1 aromatic heterocycles. The summed E-state index contributed by atoms with van der Waals surface area (Å²) in [5.74, 6) is -4.06. The fourth-order valence-electron chi connectivity index (χ4n) is 3.58. The minimum Gasteiger partial charge on any atom is -0.505 e. The molecular weight excluding hydrogens is 487 g/mol. The van der Waals surface area contributed by atoms with Crippen molar-refractivity contribution in [3.05, 3.63) is 98.0 Å². The summed E-state index contributed by atoms with van der Waals surface area (Å²) in [6.45, 7) is 0.662. The van der Waals surface area contributed by atoms with Crippen molar-refractivity contribution in [2.45, 2.75) is 19.4 Å². The number of alkyl halides is 2. The minimum absolute atomic E-state index is 0.0631. The van der Waals surface area contributed by atoms with Gasteiger partial charge in [-0.05, 0) is 29.8 Å². The van der Waals surface area contributed by atoms with Crippen LogP contribution in [-0.4, -0.2) is 20.6 Å². The summed E-state index contributed by atoms with van der Waals surface area (Å²) in [4.78, 5) is 30.3. The van der Waals surface area contributed by atoms with E-state index in [-0.39, 0.29) is 50.1 Å². The van der Waals surface area contributed by atoms with Crippen molar-refractivity contribution >= 4 is 45.7 Å². The predicted octanol–water partition coefficient (Wildman–Crippen LogP) is 5.82. The van der Waals surface area contributed by atoms with Crippen molar-refractivity contribution in [2.24, 2.45) is 0 Å². The molecule has 4 aromatic rings. The Hall–Kier alpha value is -3.49. The molecular formula is C24H17Cl2F2N3O3. The molecule has 34 heavy (non-hydrogen) atoms. The summed E-state index contributed by atoms with van der Waals surface area (Å²) in [6, 6.07) is 13.2. The second-order valence-corrected chi connectivity index (χ2v) is 8.48. The van der Waals surface area contributed by atoms with Gasteiger partial charge in [-0.25, -0.2) is 13.8 Å². The molecule has 4 rings (SSSR count). The number of anilines is 1. The van der Waals surface area contributed by atoms with E-state index in [1.54, 1.807) is 18.2 Å². The lowest BCUT2D eigenvalue weighted by Gasteiger charge is -2.17. The highest BCUT2D eigenvalue weighted by atomic mass is 35.5. The molecule has 2 N–H and O–H groups in total. The van der Waals surface area contributed by atoms with E-state index in [1.807, 2.05) is 0 Å². The number of hydrogen-bond acceptors (Lipinski definition) is 4. The van der Waals surface area contributed by atoms with Gasteiger partial charge < -0.3 is 10.4 Å². The van der Waals surface area contributed by atoms with E-state index in [0.29, 0.717) is 5.52 Å². The summed E-state index contributed by atoms with van der Waals surface area (Å²) >= 11 is 11.8. The summed E-state index contributed by atoms with van der Waals surface area (Å²) in [7, 11) is 0. The lowest BCUT2D eigenvalue weighted by atomic mass is 10.0. The van der Waals surface area contributed by atoms with Crippen LogP contribution < -0.4 is 10.9 Å². The number of carbonyl (C=O) groups is 1. The van der Waals surface area contributed by atoms with Gasteiger partial charge in [-0.3, -0.25) is 14.2 Å². The van der Waals surface area contributed by atoms with Gasteiger partial charge >= 0.3 is 0 Å². The molecule has 0 aliphatic carbocycles. The second kappa shape index (κ2) is 9.04. The van der Waals surface area contributed by atoms with Crippen LogP contribution in [0.1, 0.15) is 28.4 Å². The van der Waals surface area contributed by atoms with Crippen LogP contribution in [-0.2, 0) is 12.5 Å². The average Bonchev–Trinajstić information content (AvgIpc) is 2.78. The number of carbonyl (C=O) groups excluding carboxylic acids is 1. The third-order valence-electron chi connectivity index (χ3n) is 5.21. The number of benzene rings is 3. The van der Waals surface area contributed by atoms with Crippen molar-refractivity contribution in [1.82, 2.24) is 9.55 Å². The van der Waals surface area contributed by atoms with E-state index < -0.39 is 17.4 Å². The molecule has 0 atom stereocenters. The van der Waals surface area contributed by atoms with Crippen molar-refractivity contribution in [3.8, 4) is 5.75 Å². The fraction of sp³-hybridized carbons (Fsp3) is 0.125. The van der Waals surface area contributed by atoms with E-state index >= 15 is 0 Å². The number of aromatic nitrogens is 2. The van der Waals surface area contributed by atoms with Crippen LogP contribution >= 0.6 is 23.2 Å². The topological polar surface area (TPSA) is 84.2 Å². The number of phenolic OH excluding ortho intramolecular Hbond substituents is 1. The zero-order valence-electron chi connectivity index (χ0n) is 17.7. The van der Waals surface area contributed by atoms with Crippen LogP contribution in [0.2, 0.25) is 10.0 Å². The maximum atomic E-state index is 14.0. The van der Waals surface area contributed by atoms with Gasteiger partial charge in [0.25, 0.3) is 17.4 Å². The monoisotopic (exact) mass is 503 g/mol. The number of aromatic hydroxyl groups is 1. The molecule has 0 aliphatic heterocycles. The van der Waals surface area contributed by atoms with Crippen LogP contribution in [0.3, 0.4) is 0 Å². The molecule has 0 saturated carbocycles. The average molecular weight is 504 g/mol. The number of rotatable bonds is 5. The molecule has 6 nitrogen and oxygen atoms in total. The normalized spacial score (nSPS) is 11.6. The Labute approximate surface area is 202 Å². The maximum Gasteiger partial charge on any atom is 0.270 e. The largest absolute Gasteiger partial charge is 0.505 e. The van der Waals surface area contributed by atoms with E-state index in [9.17, 15) is 23.5 Å². The van der Waals surface area contributed by atoms with E-state index in [4.69, 9.17) is 23.2 Å². The number of nitrogens with zero attached hydrogens (tertiary/aromatic N) is 2. The van der Waals surface area contributed by atoms with Gasteiger partial charge in [0, 0.05) is 18.1 Å². The van der Waals surface area contributed by atoms with Crippen molar-refractivity contribution < 1.29 is 18.7 Å². The van der Waals surface area contributed by atoms with Crippen LogP contribution in [0.25, 0.3) is 10.9 Å². The number of nitrogens with one attached hydrogen (secondary N) is 1. The molecule has 0 fully saturated rings. The van der Waals surface area contributed by atoms with Gasteiger partial charge in [-0.2, -0.15) is 0 Å². The van der Waals surface area contributed by atoms with Gasteiger partial charge in [0.1, 0.15) is 0 Å². The van der Waals surface area contributed by atoms with Crippen molar-refractivity contribution in [2.75, 3.05) is 5.32 Å². The Bertz CT molecular complexity index is 1460. The van der Waals surface area contributed by atoms with E-state index in [2.05, 4.69) is 10.3 Å². The number of fused-ring (bicyclic) bond motifs is 1. The number of hydrogen-bond donors (Lipinski definition) is 2. The summed E-state index contributed by atoms with van der Waals surface area (Å²) in [5, 5.41) is 12.2. The molecule has 0 unspecified atom stereocenters. The zero-order chi connectivity index (χ0) is 24.6. The first-order valence-electron chi connectivity index (χ1n) is 10.00.